The Morgan fingerprint density at radius 1 is 0.686 bits per heavy atom. The Morgan fingerprint density at radius 2 is 1.31 bits per heavy atom. The van der Waals surface area contributed by atoms with E-state index in [0.29, 0.717) is 5.54 Å². The summed E-state index contributed by atoms with van der Waals surface area (Å²) in [5.41, 5.74) is 7.31. The molecule has 0 heterocycles. The molecular weight excluding hydrogens is 563 g/mol. The van der Waals surface area contributed by atoms with Gasteiger partial charge in [0.1, 0.15) is 0 Å². The molecular formula is C31H23Cl2SiZr. The third kappa shape index (κ3) is 5.37. The normalized spacial score (nSPS) is 13.1. The summed E-state index contributed by atoms with van der Waals surface area (Å²) in [6.07, 6.45) is 11.5. The number of benzene rings is 4. The molecule has 0 aromatic heterocycles. The van der Waals surface area contributed by atoms with Crippen molar-refractivity contribution >= 4 is 20.8 Å². The Morgan fingerprint density at radius 3 is 1.94 bits per heavy atom. The van der Waals surface area contributed by atoms with Crippen LogP contribution in [0.3, 0.4) is 0 Å². The van der Waals surface area contributed by atoms with Crippen molar-refractivity contribution in [2.45, 2.75) is 12.0 Å². The van der Waals surface area contributed by atoms with E-state index in [1.165, 1.54) is 48.3 Å². The Labute approximate surface area is 240 Å². The van der Waals surface area contributed by atoms with Crippen LogP contribution < -0.4 is 30.0 Å². The molecule has 0 saturated carbocycles. The molecule has 0 bridgehead atoms. The summed E-state index contributed by atoms with van der Waals surface area (Å²) in [5, 5.41) is 3.84. The van der Waals surface area contributed by atoms with Crippen molar-refractivity contribution in [2.24, 2.45) is 0 Å². The van der Waals surface area contributed by atoms with Crippen LogP contribution in [0.5, 0.6) is 0 Å². The molecule has 35 heavy (non-hydrogen) atoms. The number of hydrogen-bond acceptors (Lipinski definition) is 0. The monoisotopic (exact) mass is 583 g/mol. The molecule has 0 atom stereocenters. The number of halogens is 2. The number of allylic oxidation sites excluding steroid dienone is 4. The van der Waals surface area contributed by atoms with E-state index in [-0.39, 0.29) is 60.1 Å². The van der Waals surface area contributed by atoms with Gasteiger partial charge in [-0.3, -0.25) is 0 Å². The van der Waals surface area contributed by atoms with E-state index in [1.54, 1.807) is 0 Å². The maximum absolute atomic E-state index is 3.76. The van der Waals surface area contributed by atoms with Crippen molar-refractivity contribution in [2.75, 3.05) is 0 Å². The van der Waals surface area contributed by atoms with Crippen LogP contribution in [0.1, 0.15) is 34.2 Å². The average Bonchev–Trinajstić information content (AvgIpc) is 3.51. The number of rotatable bonds is 4. The molecule has 2 aliphatic rings. The summed E-state index contributed by atoms with van der Waals surface area (Å²) in [6.45, 7) is 0. The third-order valence-electron chi connectivity index (χ3n) is 6.47. The zero-order valence-corrected chi connectivity index (χ0v) is 24.2. The molecule has 4 heteroatoms. The van der Waals surface area contributed by atoms with Crippen molar-refractivity contribution in [3.05, 3.63) is 158 Å². The minimum Gasteiger partial charge on any atom is -1.00 e. The molecule has 1 radical (unpaired) electrons. The van der Waals surface area contributed by atoms with Crippen molar-refractivity contribution in [1.29, 1.82) is 0 Å². The minimum absolute atomic E-state index is 0. The quantitative estimate of drug-likeness (QED) is 0.203. The van der Waals surface area contributed by atoms with E-state index in [0.717, 1.165) is 6.42 Å². The first-order valence-electron chi connectivity index (χ1n) is 11.2. The molecule has 169 valence electrons. The molecule has 0 nitrogen and oxygen atoms in total. The third-order valence-corrected chi connectivity index (χ3v) is 8.41. The maximum Gasteiger partial charge on any atom is 3.00 e. The van der Waals surface area contributed by atoms with E-state index in [9.17, 15) is 0 Å². The van der Waals surface area contributed by atoms with Gasteiger partial charge in [0.15, 0.2) is 0 Å². The molecule has 4 aromatic rings. The predicted molar refractivity (Wildman–Crippen MR) is 135 cm³/mol. The Hall–Kier alpha value is -2.09. The Balaban J connectivity index is 0.00000114. The molecule has 0 aliphatic heterocycles. The average molecular weight is 586 g/mol. The van der Waals surface area contributed by atoms with Gasteiger partial charge in [0, 0.05) is 14.7 Å². The Kier molecular flexibility index (Phi) is 9.62. The van der Waals surface area contributed by atoms with Crippen LogP contribution in [0.15, 0.2) is 115 Å². The fourth-order valence-corrected chi connectivity index (χ4v) is 6.83. The standard InChI is InChI=1S/C31H23Si.2ClH.Zr/c1-3-13-23(14-4-1)31(24-15-5-2-6-16-24)32-29-20-19-27-26-18-10-9-17-25(26)21-28(27)30(29)22-11-7-8-12-22;;;/h1-11,13-20,31-32H,12H2;2*1H;/q-1;;;+3/p-2. The first-order chi connectivity index (χ1) is 15.9. The first-order valence-corrected chi connectivity index (χ1v) is 12.5. The van der Waals surface area contributed by atoms with Crippen molar-refractivity contribution in [1.82, 2.24) is 0 Å². The van der Waals surface area contributed by atoms with Crippen LogP contribution in [0, 0.1) is 15.3 Å². The topological polar surface area (TPSA) is 0 Å². The van der Waals surface area contributed by atoms with Crippen molar-refractivity contribution in [3.63, 3.8) is 0 Å². The maximum atomic E-state index is 3.76. The summed E-state index contributed by atoms with van der Waals surface area (Å²) in [6, 6.07) is 35.4. The summed E-state index contributed by atoms with van der Waals surface area (Å²) in [4.78, 5) is 1.48. The van der Waals surface area contributed by atoms with Gasteiger partial charge in [-0.1, -0.05) is 125 Å². The van der Waals surface area contributed by atoms with Crippen LogP contribution in [-0.2, 0) is 26.2 Å². The SMILES string of the molecule is [C-]1=c2ccccc2=c2ccc(=[SiH]C(c3ccccc3)c3ccccc3)c(C3=CC=CC3)c21.[Cl-].[Cl-].[Zr+3]. The van der Waals surface area contributed by atoms with Gasteiger partial charge in [0.05, 0.1) is 0 Å². The van der Waals surface area contributed by atoms with Gasteiger partial charge in [-0.15, -0.1) is 33.4 Å². The van der Waals surface area contributed by atoms with Crippen LogP contribution in [0.4, 0.5) is 0 Å². The second-order valence-electron chi connectivity index (χ2n) is 8.41. The molecule has 0 N–H and O–H groups in total. The van der Waals surface area contributed by atoms with Gasteiger partial charge in [-0.05, 0) is 17.5 Å². The minimum atomic E-state index is -0.0159. The van der Waals surface area contributed by atoms with E-state index in [2.05, 4.69) is 121 Å². The zero-order chi connectivity index (χ0) is 21.3. The molecule has 6 rings (SSSR count). The van der Waals surface area contributed by atoms with Crippen LogP contribution in [-0.4, -0.2) is 9.13 Å². The molecule has 2 aliphatic carbocycles. The molecule has 0 amide bonds. The fourth-order valence-electron chi connectivity index (χ4n) is 4.94. The summed E-state index contributed by atoms with van der Waals surface area (Å²) in [5.74, 6) is 0. The van der Waals surface area contributed by atoms with Gasteiger partial charge in [0.25, 0.3) is 0 Å². The summed E-state index contributed by atoms with van der Waals surface area (Å²) < 4.78 is 0. The molecule has 0 fully saturated rings. The van der Waals surface area contributed by atoms with Crippen molar-refractivity contribution in [3.8, 4) is 0 Å². The molecule has 4 aromatic carbocycles. The number of fused-ring (bicyclic) bond motifs is 2. The summed E-state index contributed by atoms with van der Waals surface area (Å²) >= 11 is 0. The van der Waals surface area contributed by atoms with Crippen molar-refractivity contribution < 1.29 is 51.0 Å². The van der Waals surface area contributed by atoms with Gasteiger partial charge < -0.3 is 24.8 Å². The van der Waals surface area contributed by atoms with Gasteiger partial charge in [0.2, 0.25) is 0 Å². The molecule has 0 unspecified atom stereocenters. The second-order valence-corrected chi connectivity index (χ2v) is 10.0. The van der Waals surface area contributed by atoms with Gasteiger partial charge in [-0.2, -0.15) is 0 Å². The van der Waals surface area contributed by atoms with Gasteiger partial charge >= 0.3 is 26.2 Å². The summed E-state index contributed by atoms with van der Waals surface area (Å²) in [7, 11) is -0.0159. The zero-order valence-electron chi connectivity index (χ0n) is 19.1. The fraction of sp³-hybridized carbons (Fsp3) is 0.0645. The largest absolute Gasteiger partial charge is 3.00 e. The van der Waals surface area contributed by atoms with Crippen LogP contribution in [0.2, 0.25) is 0 Å². The Bertz CT molecular complexity index is 1550. The van der Waals surface area contributed by atoms with Crippen LogP contribution in [0.25, 0.3) is 11.6 Å². The van der Waals surface area contributed by atoms with Crippen LogP contribution >= 0.6 is 0 Å². The number of hydrogen-bond donors (Lipinski definition) is 0. The first kappa shape index (κ1) is 27.5. The molecule has 0 spiro atoms. The van der Waals surface area contributed by atoms with Gasteiger partial charge in [-0.25, -0.2) is 0 Å². The van der Waals surface area contributed by atoms with E-state index < -0.39 is 0 Å². The molecule has 0 saturated heterocycles. The van der Waals surface area contributed by atoms with E-state index in [4.69, 9.17) is 0 Å². The van der Waals surface area contributed by atoms with E-state index >= 15 is 0 Å². The smallest absolute Gasteiger partial charge is 1.00 e. The second kappa shape index (κ2) is 12.2. The van der Waals surface area contributed by atoms with E-state index in [1.807, 2.05) is 0 Å². The predicted octanol–water partition coefficient (Wildman–Crippen LogP) is -0.181.